The molecule has 0 saturated carbocycles. The first-order valence-corrected chi connectivity index (χ1v) is 11.2. The number of cyclic esters (lactones) is 1. The minimum absolute atomic E-state index is 0.319. The zero-order valence-corrected chi connectivity index (χ0v) is 18.4. The smallest absolute Gasteiger partial charge is 0.342 e. The van der Waals surface area contributed by atoms with Gasteiger partial charge in [-0.3, -0.25) is 0 Å². The number of rotatable bonds is 5. The van der Waals surface area contributed by atoms with Gasteiger partial charge in [0.1, 0.15) is 16.8 Å². The van der Waals surface area contributed by atoms with E-state index in [2.05, 4.69) is 8.75 Å². The topological polar surface area (TPSA) is 81.5 Å². The SMILES string of the molecule is COc1cccc(CC2=C(c3ccc4nsnc4c3)C(=O)OC2(O)c2cc(C)cs2)c1. The third kappa shape index (κ3) is 3.42. The average Bonchev–Trinajstić information content (AvgIpc) is 3.47. The first-order valence-electron chi connectivity index (χ1n) is 9.58. The molecule has 0 radical (unpaired) electrons. The third-order valence-corrected chi connectivity index (χ3v) is 6.97. The standard InChI is InChI=1S/C23H18N2O4S2/c1-13-8-20(30-12-13)23(27)17(10-14-4-3-5-16(9-14)28-2)21(22(26)29-23)15-6-7-18-19(11-15)25-31-24-18/h3-9,11-12,27H,10H2,1-2H3. The van der Waals surface area contributed by atoms with Gasteiger partial charge >= 0.3 is 5.97 Å². The molecule has 1 atom stereocenters. The number of carbonyl (C=O) groups excluding carboxylic acids is 1. The van der Waals surface area contributed by atoms with Crippen molar-refractivity contribution in [2.75, 3.05) is 7.11 Å². The predicted octanol–water partition coefficient (Wildman–Crippen LogP) is 4.47. The molecule has 1 N–H and O–H groups in total. The number of aliphatic hydroxyl groups is 1. The summed E-state index contributed by atoms with van der Waals surface area (Å²) in [6.07, 6.45) is 0.319. The van der Waals surface area contributed by atoms with E-state index in [0.29, 0.717) is 39.3 Å². The van der Waals surface area contributed by atoms with Crippen LogP contribution in [0.5, 0.6) is 5.75 Å². The Kier molecular flexibility index (Phi) is 4.85. The van der Waals surface area contributed by atoms with Gasteiger partial charge in [0.05, 0.1) is 29.3 Å². The summed E-state index contributed by atoms with van der Waals surface area (Å²) in [6, 6.07) is 14.9. The van der Waals surface area contributed by atoms with Crippen molar-refractivity contribution in [3.8, 4) is 5.75 Å². The highest BCUT2D eigenvalue weighted by Crippen LogP contribution is 2.46. The molecule has 31 heavy (non-hydrogen) atoms. The monoisotopic (exact) mass is 450 g/mol. The van der Waals surface area contributed by atoms with Crippen LogP contribution in [0.1, 0.15) is 21.6 Å². The van der Waals surface area contributed by atoms with Crippen molar-refractivity contribution in [1.29, 1.82) is 0 Å². The number of benzene rings is 2. The molecule has 0 aliphatic carbocycles. The maximum absolute atomic E-state index is 13.1. The fraction of sp³-hybridized carbons (Fsp3) is 0.174. The van der Waals surface area contributed by atoms with E-state index in [1.54, 1.807) is 7.11 Å². The Labute approximate surface area is 186 Å². The van der Waals surface area contributed by atoms with Crippen LogP contribution in [0.2, 0.25) is 0 Å². The molecule has 2 aromatic carbocycles. The summed E-state index contributed by atoms with van der Waals surface area (Å²) in [5, 5.41) is 13.6. The van der Waals surface area contributed by atoms with Crippen molar-refractivity contribution in [2.45, 2.75) is 19.1 Å². The predicted molar refractivity (Wildman–Crippen MR) is 120 cm³/mol. The van der Waals surface area contributed by atoms with Gasteiger partial charge in [-0.15, -0.1) is 11.3 Å². The molecule has 1 aliphatic rings. The van der Waals surface area contributed by atoms with Gasteiger partial charge in [0.2, 0.25) is 0 Å². The number of methoxy groups -OCH3 is 1. The fourth-order valence-electron chi connectivity index (χ4n) is 3.77. The molecule has 0 bridgehead atoms. The number of hydrogen-bond donors (Lipinski definition) is 1. The number of esters is 1. The maximum Gasteiger partial charge on any atom is 0.342 e. The molecular formula is C23H18N2O4S2. The van der Waals surface area contributed by atoms with Crippen molar-refractivity contribution in [3.63, 3.8) is 0 Å². The summed E-state index contributed by atoms with van der Waals surface area (Å²) in [6.45, 7) is 1.94. The molecule has 3 heterocycles. The van der Waals surface area contributed by atoms with Crippen LogP contribution in [-0.4, -0.2) is 26.9 Å². The lowest BCUT2D eigenvalue weighted by atomic mass is 9.90. The Morgan fingerprint density at radius 2 is 1.97 bits per heavy atom. The molecule has 8 heteroatoms. The van der Waals surface area contributed by atoms with Gasteiger partial charge in [-0.1, -0.05) is 18.2 Å². The first-order chi connectivity index (χ1) is 15.0. The van der Waals surface area contributed by atoms with E-state index >= 15 is 0 Å². The molecule has 5 rings (SSSR count). The van der Waals surface area contributed by atoms with Crippen molar-refractivity contribution < 1.29 is 19.4 Å². The van der Waals surface area contributed by atoms with Crippen LogP contribution in [0, 0.1) is 6.92 Å². The van der Waals surface area contributed by atoms with Gasteiger partial charge in [0.15, 0.2) is 0 Å². The van der Waals surface area contributed by atoms with Crippen LogP contribution < -0.4 is 4.74 Å². The number of nitrogens with zero attached hydrogens (tertiary/aromatic N) is 2. The fourth-order valence-corrected chi connectivity index (χ4v) is 5.25. The normalized spacial score (nSPS) is 18.6. The Balaban J connectivity index is 1.70. The Morgan fingerprint density at radius 1 is 1.13 bits per heavy atom. The van der Waals surface area contributed by atoms with Crippen molar-refractivity contribution in [1.82, 2.24) is 8.75 Å². The molecule has 2 aromatic heterocycles. The van der Waals surface area contributed by atoms with Crippen LogP contribution in [0.15, 0.2) is 59.5 Å². The summed E-state index contributed by atoms with van der Waals surface area (Å²) in [5.41, 5.74) is 4.85. The van der Waals surface area contributed by atoms with E-state index in [1.165, 1.54) is 11.3 Å². The summed E-state index contributed by atoms with van der Waals surface area (Å²) < 4.78 is 19.5. The Bertz CT molecular complexity index is 1340. The lowest BCUT2D eigenvalue weighted by Gasteiger charge is -2.24. The van der Waals surface area contributed by atoms with Crippen LogP contribution >= 0.6 is 23.1 Å². The van der Waals surface area contributed by atoms with Crippen LogP contribution in [0.3, 0.4) is 0 Å². The minimum atomic E-state index is -1.83. The average molecular weight is 451 g/mol. The lowest BCUT2D eigenvalue weighted by Crippen LogP contribution is -2.28. The molecule has 1 unspecified atom stereocenters. The van der Waals surface area contributed by atoms with Crippen molar-refractivity contribution in [2.24, 2.45) is 0 Å². The van der Waals surface area contributed by atoms with E-state index < -0.39 is 11.8 Å². The second kappa shape index (κ2) is 7.56. The largest absolute Gasteiger partial charge is 0.497 e. The number of ether oxygens (including phenoxy) is 2. The number of thiophene rings is 1. The van der Waals surface area contributed by atoms with Crippen molar-refractivity contribution >= 4 is 45.6 Å². The molecule has 6 nitrogen and oxygen atoms in total. The molecule has 0 saturated heterocycles. The van der Waals surface area contributed by atoms with Gasteiger partial charge in [-0.2, -0.15) is 8.75 Å². The number of hydrogen-bond acceptors (Lipinski definition) is 8. The van der Waals surface area contributed by atoms with Gasteiger partial charge in [-0.25, -0.2) is 4.79 Å². The zero-order valence-electron chi connectivity index (χ0n) is 16.8. The van der Waals surface area contributed by atoms with Gasteiger partial charge < -0.3 is 14.6 Å². The summed E-state index contributed by atoms with van der Waals surface area (Å²) in [4.78, 5) is 13.6. The molecule has 0 amide bonds. The van der Waals surface area contributed by atoms with Crippen LogP contribution in [-0.2, 0) is 21.7 Å². The number of aromatic nitrogens is 2. The van der Waals surface area contributed by atoms with E-state index in [-0.39, 0.29) is 0 Å². The highest BCUT2D eigenvalue weighted by molar-refractivity contribution is 7.10. The molecule has 4 aromatic rings. The van der Waals surface area contributed by atoms with E-state index in [1.807, 2.05) is 60.8 Å². The first kappa shape index (κ1) is 19.9. The highest BCUT2D eigenvalue weighted by Gasteiger charge is 2.49. The molecular weight excluding hydrogens is 432 g/mol. The van der Waals surface area contributed by atoms with Gasteiger partial charge in [-0.05, 0) is 59.3 Å². The maximum atomic E-state index is 13.1. The summed E-state index contributed by atoms with van der Waals surface area (Å²) >= 11 is 2.48. The van der Waals surface area contributed by atoms with E-state index in [9.17, 15) is 9.90 Å². The van der Waals surface area contributed by atoms with Gasteiger partial charge in [0.25, 0.3) is 5.79 Å². The zero-order chi connectivity index (χ0) is 21.6. The second-order valence-corrected chi connectivity index (χ2v) is 8.81. The highest BCUT2D eigenvalue weighted by atomic mass is 32.1. The third-order valence-electron chi connectivity index (χ3n) is 5.28. The number of carbonyl (C=O) groups is 1. The van der Waals surface area contributed by atoms with E-state index in [4.69, 9.17) is 9.47 Å². The second-order valence-electron chi connectivity index (χ2n) is 7.37. The van der Waals surface area contributed by atoms with Crippen molar-refractivity contribution in [3.05, 3.63) is 81.1 Å². The summed E-state index contributed by atoms with van der Waals surface area (Å²) in [7, 11) is 1.61. The van der Waals surface area contributed by atoms with Gasteiger partial charge in [0, 0.05) is 12.0 Å². The Hall–Kier alpha value is -3.07. The van der Waals surface area contributed by atoms with E-state index in [0.717, 1.165) is 28.4 Å². The summed E-state index contributed by atoms with van der Waals surface area (Å²) in [5.74, 6) is -1.69. The molecule has 0 spiro atoms. The lowest BCUT2D eigenvalue weighted by molar-refractivity contribution is -0.184. The van der Waals surface area contributed by atoms with Crippen LogP contribution in [0.25, 0.3) is 16.6 Å². The molecule has 156 valence electrons. The molecule has 0 fully saturated rings. The quantitative estimate of drug-likeness (QED) is 0.452. The Morgan fingerprint density at radius 3 is 2.74 bits per heavy atom. The number of fused-ring (bicyclic) bond motifs is 1. The number of aryl methyl sites for hydroxylation is 1. The molecule has 1 aliphatic heterocycles. The minimum Gasteiger partial charge on any atom is -0.497 e. The van der Waals surface area contributed by atoms with Crippen LogP contribution in [0.4, 0.5) is 0 Å².